The second kappa shape index (κ2) is 10.4. The van der Waals surface area contributed by atoms with E-state index in [1.807, 2.05) is 7.05 Å². The van der Waals surface area contributed by atoms with Crippen LogP contribution in [0.5, 0.6) is 11.5 Å². The highest BCUT2D eigenvalue weighted by molar-refractivity contribution is 5.92. The molecule has 8 nitrogen and oxygen atoms in total. The second-order valence-corrected chi connectivity index (χ2v) is 9.87. The van der Waals surface area contributed by atoms with Crippen molar-refractivity contribution in [2.45, 2.75) is 26.1 Å². The van der Waals surface area contributed by atoms with Crippen molar-refractivity contribution in [3.05, 3.63) is 47.0 Å². The molecule has 4 rings (SSSR count). The molecule has 12 heteroatoms. The number of anilines is 2. The maximum absolute atomic E-state index is 14.9. The number of aryl methyl sites for hydroxylation is 1. The van der Waals surface area contributed by atoms with Gasteiger partial charge in [0, 0.05) is 42.9 Å². The van der Waals surface area contributed by atoms with Gasteiger partial charge in [0.05, 0.1) is 42.9 Å². The lowest BCUT2D eigenvalue weighted by molar-refractivity contribution is -0.140. The smallest absolute Gasteiger partial charge is 0.419 e. The summed E-state index contributed by atoms with van der Waals surface area (Å²) in [5.41, 5.74) is 4.19. The van der Waals surface area contributed by atoms with E-state index in [1.165, 1.54) is 20.1 Å². The molecule has 0 saturated carbocycles. The number of rotatable bonds is 9. The van der Waals surface area contributed by atoms with E-state index in [9.17, 15) is 17.6 Å². The molecular formula is C26H31F4N5O3. The lowest BCUT2D eigenvalue weighted by Crippen LogP contribution is -2.59. The van der Waals surface area contributed by atoms with Crippen LogP contribution < -0.4 is 20.5 Å². The molecule has 0 spiro atoms. The Labute approximate surface area is 218 Å². The number of alkyl halides is 3. The Kier molecular flexibility index (Phi) is 7.57. The van der Waals surface area contributed by atoms with Crippen LogP contribution in [0.15, 0.2) is 24.3 Å². The van der Waals surface area contributed by atoms with Gasteiger partial charge in [0.2, 0.25) is 0 Å². The predicted octanol–water partition coefficient (Wildman–Crippen LogP) is 4.82. The Hall–Kier alpha value is -3.38. The van der Waals surface area contributed by atoms with Crippen LogP contribution in [0.3, 0.4) is 0 Å². The average Bonchev–Trinajstić information content (AvgIpc) is 2.81. The molecule has 3 N–H and O–H groups in total. The van der Waals surface area contributed by atoms with Crippen molar-refractivity contribution in [2.75, 3.05) is 58.6 Å². The van der Waals surface area contributed by atoms with Crippen molar-refractivity contribution < 1.29 is 31.8 Å². The van der Waals surface area contributed by atoms with Gasteiger partial charge in [-0.3, -0.25) is 0 Å². The number of halogens is 4. The predicted molar refractivity (Wildman–Crippen MR) is 136 cm³/mol. The Morgan fingerprint density at radius 3 is 2.42 bits per heavy atom. The van der Waals surface area contributed by atoms with Gasteiger partial charge in [-0.25, -0.2) is 14.4 Å². The van der Waals surface area contributed by atoms with E-state index < -0.39 is 23.6 Å². The van der Waals surface area contributed by atoms with Crippen LogP contribution in [0, 0.1) is 18.2 Å². The molecule has 3 aromatic rings. The van der Waals surface area contributed by atoms with Gasteiger partial charge in [0.15, 0.2) is 11.5 Å². The summed E-state index contributed by atoms with van der Waals surface area (Å²) in [5, 5.41) is 3.57. The standard InChI is InChI=1S/C26H31F4N5O3/c1-14(17-6-16(31)7-19(23(17)27)26(28,29)30)32-24-18-8-22(21(37-5)9-20(18)33-15(2)34-24)38-13-25(12-36-4)10-35(3)11-25/h6-9,14H,10-13,31H2,1-5H3,(H,32,33,34)/t14-/m1/s1. The molecule has 2 heterocycles. The maximum atomic E-state index is 14.9. The molecule has 1 aromatic heterocycles. The van der Waals surface area contributed by atoms with E-state index in [0.29, 0.717) is 53.3 Å². The van der Waals surface area contributed by atoms with E-state index in [1.54, 1.807) is 26.2 Å². The molecule has 1 aliphatic rings. The van der Waals surface area contributed by atoms with Crippen molar-refractivity contribution in [3.8, 4) is 11.5 Å². The van der Waals surface area contributed by atoms with Crippen LogP contribution >= 0.6 is 0 Å². The molecule has 0 amide bonds. The fourth-order valence-corrected chi connectivity index (χ4v) is 4.97. The van der Waals surface area contributed by atoms with Crippen LogP contribution in [-0.4, -0.2) is 62.4 Å². The van der Waals surface area contributed by atoms with E-state index in [-0.39, 0.29) is 16.7 Å². The van der Waals surface area contributed by atoms with E-state index in [2.05, 4.69) is 20.2 Å². The van der Waals surface area contributed by atoms with Crippen molar-refractivity contribution in [2.24, 2.45) is 5.41 Å². The summed E-state index contributed by atoms with van der Waals surface area (Å²) < 4.78 is 72.1. The minimum absolute atomic E-state index is 0.163. The van der Waals surface area contributed by atoms with E-state index >= 15 is 0 Å². The first-order valence-corrected chi connectivity index (χ1v) is 11.9. The highest BCUT2D eigenvalue weighted by Gasteiger charge is 2.42. The molecule has 1 saturated heterocycles. The molecule has 1 aliphatic heterocycles. The monoisotopic (exact) mass is 537 g/mol. The number of fused-ring (bicyclic) bond motifs is 1. The van der Waals surface area contributed by atoms with Crippen molar-refractivity contribution in [1.29, 1.82) is 0 Å². The number of benzene rings is 2. The zero-order valence-electron chi connectivity index (χ0n) is 21.9. The zero-order chi connectivity index (χ0) is 27.8. The molecule has 38 heavy (non-hydrogen) atoms. The fourth-order valence-electron chi connectivity index (χ4n) is 4.97. The molecule has 206 valence electrons. The highest BCUT2D eigenvalue weighted by Crippen LogP contribution is 2.39. The third kappa shape index (κ3) is 5.56. The SMILES string of the molecule is COCC1(COc2cc3c(N[C@H](C)c4cc(N)cc(C(F)(F)F)c4F)nc(C)nc3cc2OC)CN(C)C1. The molecular weight excluding hydrogens is 506 g/mol. The number of nitrogens with one attached hydrogen (secondary N) is 1. The second-order valence-electron chi connectivity index (χ2n) is 9.87. The lowest BCUT2D eigenvalue weighted by atomic mass is 9.82. The van der Waals surface area contributed by atoms with Gasteiger partial charge in [0.25, 0.3) is 0 Å². The first kappa shape index (κ1) is 27.6. The molecule has 1 atom stereocenters. The van der Waals surface area contributed by atoms with Crippen molar-refractivity contribution in [3.63, 3.8) is 0 Å². The van der Waals surface area contributed by atoms with Gasteiger partial charge in [-0.2, -0.15) is 13.2 Å². The van der Waals surface area contributed by atoms with Crippen molar-refractivity contribution in [1.82, 2.24) is 14.9 Å². The zero-order valence-corrected chi connectivity index (χ0v) is 21.9. The minimum atomic E-state index is -4.88. The first-order chi connectivity index (χ1) is 17.9. The van der Waals surface area contributed by atoms with Gasteiger partial charge in [-0.1, -0.05) is 0 Å². The number of nitrogens with two attached hydrogens (primary N) is 1. The Bertz CT molecular complexity index is 1320. The van der Waals surface area contributed by atoms with E-state index in [0.717, 1.165) is 13.1 Å². The normalized spacial score (nSPS) is 16.2. The Morgan fingerprint density at radius 2 is 1.82 bits per heavy atom. The molecule has 1 fully saturated rings. The quantitative estimate of drug-likeness (QED) is 0.297. The summed E-state index contributed by atoms with van der Waals surface area (Å²) in [6, 6.07) is 4.28. The number of methoxy groups -OCH3 is 2. The third-order valence-corrected chi connectivity index (χ3v) is 6.54. The first-order valence-electron chi connectivity index (χ1n) is 11.9. The lowest BCUT2D eigenvalue weighted by Gasteiger charge is -2.47. The summed E-state index contributed by atoms with van der Waals surface area (Å²) in [6.45, 7) is 5.75. The van der Waals surface area contributed by atoms with Gasteiger partial charge in [-0.05, 0) is 39.1 Å². The summed E-state index contributed by atoms with van der Waals surface area (Å²) in [7, 11) is 5.19. The van der Waals surface area contributed by atoms with Crippen LogP contribution in [0.4, 0.5) is 29.1 Å². The van der Waals surface area contributed by atoms with Crippen LogP contribution in [0.25, 0.3) is 10.9 Å². The number of hydrogen-bond acceptors (Lipinski definition) is 8. The number of aromatic nitrogens is 2. The summed E-state index contributed by atoms with van der Waals surface area (Å²) in [4.78, 5) is 11.1. The Morgan fingerprint density at radius 1 is 1.11 bits per heavy atom. The van der Waals surface area contributed by atoms with Crippen LogP contribution in [0.2, 0.25) is 0 Å². The number of hydrogen-bond donors (Lipinski definition) is 2. The number of likely N-dealkylation sites (tertiary alicyclic amines) is 1. The third-order valence-electron chi connectivity index (χ3n) is 6.54. The topological polar surface area (TPSA) is 94.8 Å². The van der Waals surface area contributed by atoms with Gasteiger partial charge >= 0.3 is 6.18 Å². The van der Waals surface area contributed by atoms with Gasteiger partial charge < -0.3 is 30.2 Å². The molecule has 0 radical (unpaired) electrons. The van der Waals surface area contributed by atoms with Crippen LogP contribution in [-0.2, 0) is 10.9 Å². The number of nitrogens with zero attached hydrogens (tertiary/aromatic N) is 3. The van der Waals surface area contributed by atoms with Crippen molar-refractivity contribution >= 4 is 22.4 Å². The average molecular weight is 538 g/mol. The number of nitrogen functional groups attached to an aromatic ring is 1. The molecule has 0 bridgehead atoms. The molecule has 2 aromatic carbocycles. The van der Waals surface area contributed by atoms with Gasteiger partial charge in [-0.15, -0.1) is 0 Å². The molecule has 0 unspecified atom stereocenters. The summed E-state index contributed by atoms with van der Waals surface area (Å²) in [6.07, 6.45) is -4.88. The minimum Gasteiger partial charge on any atom is -0.493 e. The number of ether oxygens (including phenoxy) is 3. The van der Waals surface area contributed by atoms with Crippen LogP contribution in [0.1, 0.15) is 29.9 Å². The largest absolute Gasteiger partial charge is 0.493 e. The Balaban J connectivity index is 1.70. The summed E-state index contributed by atoms with van der Waals surface area (Å²) in [5.74, 6) is 0.233. The maximum Gasteiger partial charge on any atom is 0.419 e. The fraction of sp³-hybridized carbons (Fsp3) is 0.462. The highest BCUT2D eigenvalue weighted by atomic mass is 19.4. The van der Waals surface area contributed by atoms with E-state index in [4.69, 9.17) is 19.9 Å². The van der Waals surface area contributed by atoms with Gasteiger partial charge in [0.1, 0.15) is 17.5 Å². The molecule has 0 aliphatic carbocycles. The summed E-state index contributed by atoms with van der Waals surface area (Å²) >= 11 is 0.